The summed E-state index contributed by atoms with van der Waals surface area (Å²) in [5.74, 6) is -1.50. The molecule has 0 bridgehead atoms. The number of anilines is 1. The second kappa shape index (κ2) is 10.1. The maximum atomic E-state index is 12.1. The fourth-order valence-electron chi connectivity index (χ4n) is 2.35. The SMILES string of the molecule is O=C(COc1cccc(/C=N\NC(=O)C(=O)NC2CC2)c1)Nc1cc(Cl)cc(Cl)c1. The van der Waals surface area contributed by atoms with Crippen LogP contribution in [0, 0.1) is 0 Å². The minimum absolute atomic E-state index is 0.0918. The van der Waals surface area contributed by atoms with Gasteiger partial charge >= 0.3 is 11.8 Å². The van der Waals surface area contributed by atoms with Crippen LogP contribution < -0.4 is 20.8 Å². The number of carbonyl (C=O) groups excluding carboxylic acids is 3. The van der Waals surface area contributed by atoms with Crippen LogP contribution in [-0.4, -0.2) is 36.6 Å². The Hall–Kier alpha value is -3.10. The molecule has 0 aliphatic heterocycles. The zero-order valence-electron chi connectivity index (χ0n) is 15.7. The summed E-state index contributed by atoms with van der Waals surface area (Å²) in [4.78, 5) is 35.2. The maximum absolute atomic E-state index is 12.1. The monoisotopic (exact) mass is 448 g/mol. The molecule has 3 amide bonds. The summed E-state index contributed by atoms with van der Waals surface area (Å²) in [5, 5.41) is 9.77. The van der Waals surface area contributed by atoms with Crippen molar-refractivity contribution < 1.29 is 19.1 Å². The van der Waals surface area contributed by atoms with Gasteiger partial charge in [0, 0.05) is 21.8 Å². The number of halogens is 2. The second-order valence-corrected chi connectivity index (χ2v) is 7.39. The molecule has 3 N–H and O–H groups in total. The van der Waals surface area contributed by atoms with E-state index in [0.717, 1.165) is 12.8 Å². The van der Waals surface area contributed by atoms with Crippen molar-refractivity contribution in [3.05, 3.63) is 58.1 Å². The first-order chi connectivity index (χ1) is 14.4. The van der Waals surface area contributed by atoms with Gasteiger partial charge in [0.2, 0.25) is 0 Å². The highest BCUT2D eigenvalue weighted by Crippen LogP contribution is 2.22. The van der Waals surface area contributed by atoms with E-state index in [-0.39, 0.29) is 18.6 Å². The average molecular weight is 449 g/mol. The number of hydrogen-bond donors (Lipinski definition) is 3. The minimum atomic E-state index is -0.830. The molecule has 0 saturated heterocycles. The third kappa shape index (κ3) is 7.06. The van der Waals surface area contributed by atoms with Crippen LogP contribution in [0.1, 0.15) is 18.4 Å². The Bertz CT molecular complexity index is 972. The topological polar surface area (TPSA) is 109 Å². The summed E-state index contributed by atoms with van der Waals surface area (Å²) in [6.07, 6.45) is 3.14. The summed E-state index contributed by atoms with van der Waals surface area (Å²) < 4.78 is 5.47. The van der Waals surface area contributed by atoms with E-state index in [1.54, 1.807) is 42.5 Å². The van der Waals surface area contributed by atoms with Crippen LogP contribution in [0.25, 0.3) is 0 Å². The number of benzene rings is 2. The molecular weight excluding hydrogens is 431 g/mol. The zero-order valence-corrected chi connectivity index (χ0v) is 17.2. The number of nitrogens with zero attached hydrogens (tertiary/aromatic N) is 1. The van der Waals surface area contributed by atoms with Crippen molar-refractivity contribution in [1.29, 1.82) is 0 Å². The summed E-state index contributed by atoms with van der Waals surface area (Å²) in [5.41, 5.74) is 3.23. The normalized spacial score (nSPS) is 13.0. The van der Waals surface area contributed by atoms with Gasteiger partial charge in [0.15, 0.2) is 6.61 Å². The van der Waals surface area contributed by atoms with Crippen molar-refractivity contribution in [1.82, 2.24) is 10.7 Å². The largest absolute Gasteiger partial charge is 0.484 e. The zero-order chi connectivity index (χ0) is 21.5. The van der Waals surface area contributed by atoms with Crippen LogP contribution in [0.2, 0.25) is 10.0 Å². The van der Waals surface area contributed by atoms with E-state index in [1.807, 2.05) is 0 Å². The Kier molecular flexibility index (Phi) is 7.26. The minimum Gasteiger partial charge on any atom is -0.484 e. The molecule has 0 spiro atoms. The Labute approximate surface area is 182 Å². The van der Waals surface area contributed by atoms with Gasteiger partial charge in [-0.05, 0) is 48.7 Å². The molecule has 156 valence electrons. The lowest BCUT2D eigenvalue weighted by Gasteiger charge is -2.08. The van der Waals surface area contributed by atoms with E-state index >= 15 is 0 Å². The fourth-order valence-corrected chi connectivity index (χ4v) is 2.88. The van der Waals surface area contributed by atoms with E-state index in [0.29, 0.717) is 27.0 Å². The van der Waals surface area contributed by atoms with Gasteiger partial charge in [-0.3, -0.25) is 14.4 Å². The first kappa shape index (κ1) is 21.6. The number of hydrogen-bond acceptors (Lipinski definition) is 5. The average Bonchev–Trinajstić information content (AvgIpc) is 3.50. The first-order valence-electron chi connectivity index (χ1n) is 9.02. The summed E-state index contributed by atoms with van der Waals surface area (Å²) in [6, 6.07) is 11.5. The first-order valence-corrected chi connectivity index (χ1v) is 9.77. The standard InChI is InChI=1S/C20H18Cl2N4O4/c21-13-7-14(22)9-16(8-13)24-18(27)11-30-17-3-1-2-12(6-17)10-23-26-20(29)19(28)25-15-4-5-15/h1-3,6-10,15H,4-5,11H2,(H,24,27)(H,25,28)(H,26,29)/b23-10-. The summed E-state index contributed by atoms with van der Waals surface area (Å²) in [6.45, 7) is -0.233. The number of nitrogens with one attached hydrogen (secondary N) is 3. The molecule has 0 aromatic heterocycles. The third-order valence-electron chi connectivity index (χ3n) is 3.87. The molecule has 1 aliphatic rings. The van der Waals surface area contributed by atoms with Gasteiger partial charge in [-0.15, -0.1) is 0 Å². The van der Waals surface area contributed by atoms with Gasteiger partial charge in [0.05, 0.1) is 6.21 Å². The maximum Gasteiger partial charge on any atom is 0.329 e. The van der Waals surface area contributed by atoms with Gasteiger partial charge in [-0.2, -0.15) is 5.10 Å². The molecule has 8 nitrogen and oxygen atoms in total. The van der Waals surface area contributed by atoms with E-state index in [4.69, 9.17) is 27.9 Å². The molecular formula is C20H18Cl2N4O4. The molecule has 0 atom stereocenters. The lowest BCUT2D eigenvalue weighted by Crippen LogP contribution is -2.38. The van der Waals surface area contributed by atoms with Gasteiger partial charge in [0.25, 0.3) is 5.91 Å². The van der Waals surface area contributed by atoms with Crippen molar-refractivity contribution >= 4 is 52.8 Å². The predicted octanol–water partition coefficient (Wildman–Crippen LogP) is 2.74. The van der Waals surface area contributed by atoms with E-state index in [9.17, 15) is 14.4 Å². The van der Waals surface area contributed by atoms with Crippen molar-refractivity contribution in [3.8, 4) is 5.75 Å². The molecule has 1 fully saturated rings. The fraction of sp³-hybridized carbons (Fsp3) is 0.200. The third-order valence-corrected chi connectivity index (χ3v) is 4.31. The van der Waals surface area contributed by atoms with Crippen LogP contribution in [-0.2, 0) is 14.4 Å². The highest BCUT2D eigenvalue weighted by atomic mass is 35.5. The molecule has 30 heavy (non-hydrogen) atoms. The van der Waals surface area contributed by atoms with Crippen molar-refractivity contribution in [3.63, 3.8) is 0 Å². The van der Waals surface area contributed by atoms with E-state index in [2.05, 4.69) is 21.2 Å². The van der Waals surface area contributed by atoms with E-state index in [1.165, 1.54) is 6.21 Å². The van der Waals surface area contributed by atoms with Crippen LogP contribution in [0.5, 0.6) is 5.75 Å². The molecule has 0 heterocycles. The molecule has 0 radical (unpaired) electrons. The molecule has 1 saturated carbocycles. The summed E-state index contributed by atoms with van der Waals surface area (Å²) in [7, 11) is 0. The number of amides is 3. The lowest BCUT2D eigenvalue weighted by molar-refractivity contribution is -0.139. The van der Waals surface area contributed by atoms with Gasteiger partial charge < -0.3 is 15.4 Å². The molecule has 2 aromatic rings. The van der Waals surface area contributed by atoms with Crippen molar-refractivity contribution in [2.75, 3.05) is 11.9 Å². The predicted molar refractivity (Wildman–Crippen MR) is 114 cm³/mol. The Balaban J connectivity index is 1.47. The second-order valence-electron chi connectivity index (χ2n) is 6.51. The lowest BCUT2D eigenvalue weighted by atomic mass is 10.2. The van der Waals surface area contributed by atoms with Crippen LogP contribution in [0.3, 0.4) is 0 Å². The van der Waals surface area contributed by atoms with Crippen LogP contribution >= 0.6 is 23.2 Å². The highest BCUT2D eigenvalue weighted by molar-refractivity contribution is 6.35. The van der Waals surface area contributed by atoms with Crippen LogP contribution in [0.4, 0.5) is 5.69 Å². The summed E-state index contributed by atoms with van der Waals surface area (Å²) >= 11 is 11.8. The smallest absolute Gasteiger partial charge is 0.329 e. The van der Waals surface area contributed by atoms with Gasteiger partial charge in [-0.1, -0.05) is 35.3 Å². The van der Waals surface area contributed by atoms with Gasteiger partial charge in [0.1, 0.15) is 5.75 Å². The van der Waals surface area contributed by atoms with Crippen LogP contribution in [0.15, 0.2) is 47.6 Å². The van der Waals surface area contributed by atoms with Crippen molar-refractivity contribution in [2.45, 2.75) is 18.9 Å². The number of hydrazone groups is 1. The number of carbonyl (C=O) groups is 3. The van der Waals surface area contributed by atoms with Crippen molar-refractivity contribution in [2.24, 2.45) is 5.10 Å². The Morgan fingerprint density at radius 3 is 2.50 bits per heavy atom. The molecule has 10 heteroatoms. The number of ether oxygens (including phenoxy) is 1. The Morgan fingerprint density at radius 2 is 1.80 bits per heavy atom. The quantitative estimate of drug-likeness (QED) is 0.343. The Morgan fingerprint density at radius 1 is 1.07 bits per heavy atom. The molecule has 2 aromatic carbocycles. The van der Waals surface area contributed by atoms with E-state index < -0.39 is 11.8 Å². The van der Waals surface area contributed by atoms with Gasteiger partial charge in [-0.25, -0.2) is 5.43 Å². The molecule has 3 rings (SSSR count). The highest BCUT2D eigenvalue weighted by Gasteiger charge is 2.26. The number of rotatable bonds is 7. The molecule has 1 aliphatic carbocycles. The molecule has 0 unspecified atom stereocenters.